The average molecular weight is 771 g/mol. The predicted molar refractivity (Wildman–Crippen MR) is 214 cm³/mol. The number of carbonyl (C=O) groups is 4. The molecule has 0 aliphatic carbocycles. The van der Waals surface area contributed by atoms with Gasteiger partial charge in [-0.15, -0.1) is 11.3 Å². The molecule has 12 nitrogen and oxygen atoms in total. The Bertz CT molecular complexity index is 1510. The van der Waals surface area contributed by atoms with Crippen molar-refractivity contribution in [3.05, 3.63) is 52.5 Å². The lowest BCUT2D eigenvalue weighted by molar-refractivity contribution is -0.159. The third kappa shape index (κ3) is 9.95. The number of Topliss-reactive ketones (excluding diaryl/α,β-unsaturated/α-hetero) is 1. The number of thiazole rings is 1. The summed E-state index contributed by atoms with van der Waals surface area (Å²) in [6.07, 6.45) is 3.26. The van der Waals surface area contributed by atoms with E-state index in [-0.39, 0.29) is 42.0 Å². The lowest BCUT2D eigenvalue weighted by Crippen LogP contribution is -2.72. The molecule has 1 saturated heterocycles. The smallest absolute Gasteiger partial charge is 0.245 e. The molecule has 1 aromatic heterocycles. The Balaban J connectivity index is 1.89. The Labute approximate surface area is 327 Å². The van der Waals surface area contributed by atoms with Crippen molar-refractivity contribution in [2.45, 2.75) is 116 Å². The third-order valence-electron chi connectivity index (χ3n) is 11.6. The lowest BCUT2D eigenvalue weighted by Gasteiger charge is -2.51. The maximum absolute atomic E-state index is 14.5. The molecule has 0 saturated carbocycles. The molecular formula is C41H66N6O6S. The molecule has 302 valence electrons. The van der Waals surface area contributed by atoms with E-state index in [9.17, 15) is 19.2 Å². The number of nitrogens with zero attached hydrogens (tertiary/aromatic N) is 3. The predicted octanol–water partition coefficient (Wildman–Crippen LogP) is 4.63. The number of carbonyl (C=O) groups excluding carboxylic acids is 4. The van der Waals surface area contributed by atoms with E-state index in [2.05, 4.69) is 15.6 Å². The fourth-order valence-corrected chi connectivity index (χ4v) is 9.28. The molecule has 2 heterocycles. The van der Waals surface area contributed by atoms with Crippen LogP contribution in [0.1, 0.15) is 90.8 Å². The standard InChI is InChI=1S/C41H66N6O6S/c1-12-27(4)34(46(9)41(26(2)3,39(42)51)38(50)40(6,7)25-43-8)32(52-10)24-33(48)47-21-16-19-31(47)35(53-11)28(5)36(49)45-30(37-44-20-22-54-37)23-29-17-14-13-15-18-29/h13-15,17-18,20,22,26-28,30-32,34-35,43H,12,16,19,21,23-25H2,1-11H3,(H2,42,51)(H,45,49)/t27-,28+,30-,31-,32+,34-,35+,41+/m0/s1. The highest BCUT2D eigenvalue weighted by atomic mass is 32.1. The number of likely N-dealkylation sites (N-methyl/N-ethyl adjacent to an activating group) is 1. The zero-order valence-corrected chi connectivity index (χ0v) is 35.2. The number of hydrogen-bond acceptors (Lipinski definition) is 10. The number of nitrogens with one attached hydrogen (secondary N) is 2. The summed E-state index contributed by atoms with van der Waals surface area (Å²) in [6, 6.07) is 8.83. The van der Waals surface area contributed by atoms with Gasteiger partial charge in [-0.2, -0.15) is 0 Å². The molecule has 2 aromatic rings. The van der Waals surface area contributed by atoms with Crippen LogP contribution in [0.4, 0.5) is 0 Å². The molecule has 1 aliphatic heterocycles. The zero-order valence-electron chi connectivity index (χ0n) is 34.4. The van der Waals surface area contributed by atoms with Crippen molar-refractivity contribution in [3.63, 3.8) is 0 Å². The quantitative estimate of drug-likeness (QED) is 0.145. The van der Waals surface area contributed by atoms with E-state index >= 15 is 0 Å². The zero-order chi connectivity index (χ0) is 40.4. The number of methoxy groups -OCH3 is 2. The van der Waals surface area contributed by atoms with Crippen molar-refractivity contribution in [2.24, 2.45) is 28.9 Å². The number of likely N-dealkylation sites (tertiary alicyclic amines) is 1. The minimum Gasteiger partial charge on any atom is -0.379 e. The van der Waals surface area contributed by atoms with Gasteiger partial charge in [0.1, 0.15) is 5.01 Å². The lowest BCUT2D eigenvalue weighted by atomic mass is 9.68. The van der Waals surface area contributed by atoms with Gasteiger partial charge in [-0.25, -0.2) is 4.98 Å². The Morgan fingerprint density at radius 2 is 1.76 bits per heavy atom. The first kappa shape index (κ1) is 45.2. The summed E-state index contributed by atoms with van der Waals surface area (Å²) < 4.78 is 12.2. The highest BCUT2D eigenvalue weighted by molar-refractivity contribution is 7.09. The first-order chi connectivity index (χ1) is 25.5. The van der Waals surface area contributed by atoms with Gasteiger partial charge in [0.25, 0.3) is 0 Å². The number of rotatable bonds is 22. The third-order valence-corrected chi connectivity index (χ3v) is 12.5. The number of nitrogens with two attached hydrogens (primary N) is 1. The Morgan fingerprint density at radius 1 is 1.09 bits per heavy atom. The van der Waals surface area contributed by atoms with Crippen LogP contribution in [0.5, 0.6) is 0 Å². The second-order valence-corrected chi connectivity index (χ2v) is 16.8. The van der Waals surface area contributed by atoms with Crippen LogP contribution in [-0.4, -0.2) is 110 Å². The van der Waals surface area contributed by atoms with E-state index in [1.54, 1.807) is 39.4 Å². The largest absolute Gasteiger partial charge is 0.379 e. The average Bonchev–Trinajstić information content (AvgIpc) is 3.85. The molecule has 8 atom stereocenters. The first-order valence-electron chi connectivity index (χ1n) is 19.3. The second kappa shape index (κ2) is 20.1. The van der Waals surface area contributed by atoms with Gasteiger partial charge in [0.05, 0.1) is 36.6 Å². The van der Waals surface area contributed by atoms with E-state index < -0.39 is 46.9 Å². The van der Waals surface area contributed by atoms with Crippen molar-refractivity contribution >= 4 is 34.8 Å². The summed E-state index contributed by atoms with van der Waals surface area (Å²) in [5.74, 6) is -2.42. The monoisotopic (exact) mass is 770 g/mol. The Kier molecular flexibility index (Phi) is 16.8. The number of hydrogen-bond donors (Lipinski definition) is 3. The number of aromatic nitrogens is 1. The molecular weight excluding hydrogens is 705 g/mol. The first-order valence-corrected chi connectivity index (χ1v) is 20.2. The maximum Gasteiger partial charge on any atom is 0.245 e. The van der Waals surface area contributed by atoms with Crippen molar-refractivity contribution in [1.29, 1.82) is 0 Å². The van der Waals surface area contributed by atoms with Gasteiger partial charge in [-0.05, 0) is 50.8 Å². The molecule has 1 aliphatic rings. The summed E-state index contributed by atoms with van der Waals surface area (Å²) in [6.45, 7) is 14.1. The van der Waals surface area contributed by atoms with E-state index in [1.807, 2.05) is 89.1 Å². The van der Waals surface area contributed by atoms with Gasteiger partial charge in [0.15, 0.2) is 11.3 Å². The molecule has 4 N–H and O–H groups in total. The normalized spacial score (nSPS) is 19.5. The second-order valence-electron chi connectivity index (χ2n) is 15.9. The topological polar surface area (TPSA) is 156 Å². The molecule has 0 bridgehead atoms. The van der Waals surface area contributed by atoms with Gasteiger partial charge in [-0.3, -0.25) is 24.1 Å². The highest BCUT2D eigenvalue weighted by Crippen LogP contribution is 2.38. The molecule has 3 amide bonds. The Hall–Kier alpha value is -3.23. The van der Waals surface area contributed by atoms with Crippen LogP contribution in [0.25, 0.3) is 0 Å². The number of ether oxygens (including phenoxy) is 2. The molecule has 3 rings (SSSR count). The summed E-state index contributed by atoms with van der Waals surface area (Å²) in [4.78, 5) is 64.6. The van der Waals surface area contributed by atoms with E-state index in [0.29, 0.717) is 32.4 Å². The van der Waals surface area contributed by atoms with E-state index in [1.165, 1.54) is 11.3 Å². The van der Waals surface area contributed by atoms with Crippen LogP contribution in [0.3, 0.4) is 0 Å². The fourth-order valence-electron chi connectivity index (χ4n) is 8.59. The minimum atomic E-state index is -1.66. The number of amides is 3. The van der Waals surface area contributed by atoms with Crippen molar-refractivity contribution in [1.82, 2.24) is 25.4 Å². The van der Waals surface area contributed by atoms with Gasteiger partial charge >= 0.3 is 0 Å². The van der Waals surface area contributed by atoms with Gasteiger partial charge in [0.2, 0.25) is 17.7 Å². The molecule has 1 fully saturated rings. The molecule has 1 aromatic carbocycles. The molecule has 0 radical (unpaired) electrons. The fraction of sp³-hybridized carbons (Fsp3) is 0.683. The van der Waals surface area contributed by atoms with Crippen LogP contribution in [0.2, 0.25) is 0 Å². The van der Waals surface area contributed by atoms with Crippen molar-refractivity contribution < 1.29 is 28.7 Å². The summed E-state index contributed by atoms with van der Waals surface area (Å²) in [7, 11) is 6.69. The summed E-state index contributed by atoms with van der Waals surface area (Å²) in [5, 5.41) is 9.04. The summed E-state index contributed by atoms with van der Waals surface area (Å²) >= 11 is 1.50. The minimum absolute atomic E-state index is 0.00753. The number of primary amides is 1. The molecule has 0 spiro atoms. The maximum atomic E-state index is 14.5. The van der Waals surface area contributed by atoms with Crippen LogP contribution < -0.4 is 16.4 Å². The number of benzene rings is 1. The Morgan fingerprint density at radius 3 is 2.28 bits per heavy atom. The van der Waals surface area contributed by atoms with Gasteiger partial charge in [0, 0.05) is 50.3 Å². The van der Waals surface area contributed by atoms with Crippen LogP contribution >= 0.6 is 11.3 Å². The SMILES string of the molecule is CC[C@H](C)[C@@H]([C@@H](CC(=O)N1CCC[C@H]1[C@H](OC)[C@@H](C)C(=O)N[C@@H](Cc1ccccc1)c1nccs1)OC)N(C)[C@@](C(N)=O)(C(=O)C(C)(C)CNC)C(C)C. The molecule has 0 unspecified atom stereocenters. The summed E-state index contributed by atoms with van der Waals surface area (Å²) in [5.41, 5.74) is 4.73. The van der Waals surface area contributed by atoms with Crippen molar-refractivity contribution in [2.75, 3.05) is 41.4 Å². The highest BCUT2D eigenvalue weighted by Gasteiger charge is 2.58. The molecule has 13 heteroatoms. The number of ketones is 1. The van der Waals surface area contributed by atoms with Crippen LogP contribution in [0.15, 0.2) is 41.9 Å². The van der Waals surface area contributed by atoms with Crippen LogP contribution in [0, 0.1) is 23.2 Å². The van der Waals surface area contributed by atoms with E-state index in [4.69, 9.17) is 15.2 Å². The van der Waals surface area contributed by atoms with E-state index in [0.717, 1.165) is 17.0 Å². The van der Waals surface area contributed by atoms with Gasteiger partial charge in [-0.1, -0.05) is 85.2 Å². The van der Waals surface area contributed by atoms with Crippen LogP contribution in [-0.2, 0) is 35.1 Å². The molecule has 54 heavy (non-hydrogen) atoms. The van der Waals surface area contributed by atoms with Crippen molar-refractivity contribution in [3.8, 4) is 0 Å². The van der Waals surface area contributed by atoms with Gasteiger partial charge < -0.3 is 30.7 Å².